The fourth-order valence-corrected chi connectivity index (χ4v) is 4.66. The number of fused-ring (bicyclic) bond motifs is 1. The molecule has 1 aliphatic rings. The van der Waals surface area contributed by atoms with Gasteiger partial charge in [-0.25, -0.2) is 4.98 Å². The van der Waals surface area contributed by atoms with E-state index < -0.39 is 0 Å². The summed E-state index contributed by atoms with van der Waals surface area (Å²) in [6.07, 6.45) is 12.5. The topological polar surface area (TPSA) is 29.3 Å². The Hall–Kier alpha value is -2.25. The SMILES string of the molecule is C#Cc1ccsc1-c1nc2cccc(C)n2c1NCC1CCCCC1. The molecule has 128 valence electrons. The van der Waals surface area contributed by atoms with Crippen LogP contribution in [0.15, 0.2) is 29.6 Å². The van der Waals surface area contributed by atoms with E-state index >= 15 is 0 Å². The summed E-state index contributed by atoms with van der Waals surface area (Å²) in [6.45, 7) is 3.13. The van der Waals surface area contributed by atoms with E-state index in [-0.39, 0.29) is 0 Å². The minimum absolute atomic E-state index is 0.756. The highest BCUT2D eigenvalue weighted by Crippen LogP contribution is 2.36. The number of hydrogen-bond donors (Lipinski definition) is 1. The third kappa shape index (κ3) is 3.05. The number of imidazole rings is 1. The van der Waals surface area contributed by atoms with Crippen LogP contribution >= 0.6 is 11.3 Å². The number of aryl methyl sites for hydroxylation is 1. The van der Waals surface area contributed by atoms with Gasteiger partial charge in [0.25, 0.3) is 0 Å². The normalized spacial score (nSPS) is 15.4. The molecule has 0 amide bonds. The third-order valence-corrected chi connectivity index (χ3v) is 6.08. The van der Waals surface area contributed by atoms with Crippen LogP contribution in [-0.2, 0) is 0 Å². The summed E-state index contributed by atoms with van der Waals surface area (Å²) >= 11 is 1.67. The molecule has 0 spiro atoms. The lowest BCUT2D eigenvalue weighted by Crippen LogP contribution is -2.18. The summed E-state index contributed by atoms with van der Waals surface area (Å²) in [6, 6.07) is 8.25. The fraction of sp³-hybridized carbons (Fsp3) is 0.381. The zero-order valence-corrected chi connectivity index (χ0v) is 15.4. The van der Waals surface area contributed by atoms with Crippen molar-refractivity contribution >= 4 is 22.8 Å². The van der Waals surface area contributed by atoms with Crippen LogP contribution in [0.1, 0.15) is 43.4 Å². The van der Waals surface area contributed by atoms with Gasteiger partial charge in [0.2, 0.25) is 0 Å². The minimum Gasteiger partial charge on any atom is -0.369 e. The lowest BCUT2D eigenvalue weighted by molar-refractivity contribution is 0.373. The second-order valence-electron chi connectivity index (χ2n) is 6.86. The van der Waals surface area contributed by atoms with Crippen molar-refractivity contribution in [2.24, 2.45) is 5.92 Å². The van der Waals surface area contributed by atoms with Crippen molar-refractivity contribution in [3.05, 3.63) is 40.9 Å². The predicted molar refractivity (Wildman–Crippen MR) is 106 cm³/mol. The van der Waals surface area contributed by atoms with Crippen LogP contribution in [0.4, 0.5) is 5.82 Å². The number of hydrogen-bond acceptors (Lipinski definition) is 3. The molecule has 1 aliphatic carbocycles. The number of nitrogens with one attached hydrogen (secondary N) is 1. The zero-order chi connectivity index (χ0) is 17.2. The van der Waals surface area contributed by atoms with Crippen molar-refractivity contribution in [3.8, 4) is 22.9 Å². The van der Waals surface area contributed by atoms with Gasteiger partial charge in [0.05, 0.1) is 4.88 Å². The molecule has 0 atom stereocenters. The first kappa shape index (κ1) is 16.2. The summed E-state index contributed by atoms with van der Waals surface area (Å²) in [4.78, 5) is 5.98. The molecule has 0 saturated heterocycles. The van der Waals surface area contributed by atoms with Gasteiger partial charge < -0.3 is 5.32 Å². The maximum atomic E-state index is 5.70. The summed E-state index contributed by atoms with van der Waals surface area (Å²) in [5, 5.41) is 5.77. The Morgan fingerprint density at radius 3 is 2.92 bits per heavy atom. The van der Waals surface area contributed by atoms with Gasteiger partial charge >= 0.3 is 0 Å². The van der Waals surface area contributed by atoms with Crippen molar-refractivity contribution in [2.45, 2.75) is 39.0 Å². The van der Waals surface area contributed by atoms with E-state index in [4.69, 9.17) is 11.4 Å². The van der Waals surface area contributed by atoms with Gasteiger partial charge in [-0.15, -0.1) is 17.8 Å². The second-order valence-corrected chi connectivity index (χ2v) is 7.78. The number of terminal acetylenes is 1. The number of rotatable bonds is 4. The first-order valence-electron chi connectivity index (χ1n) is 9.04. The number of nitrogens with zero attached hydrogens (tertiary/aromatic N) is 2. The first-order valence-corrected chi connectivity index (χ1v) is 9.92. The Kier molecular flexibility index (Phi) is 4.50. The van der Waals surface area contributed by atoms with E-state index in [0.29, 0.717) is 0 Å². The molecule has 0 unspecified atom stereocenters. The number of pyridine rings is 1. The number of aromatic nitrogens is 2. The van der Waals surface area contributed by atoms with Crippen LogP contribution in [0, 0.1) is 25.2 Å². The number of anilines is 1. The molecule has 0 bridgehead atoms. The van der Waals surface area contributed by atoms with E-state index in [1.807, 2.05) is 11.4 Å². The molecule has 1 fully saturated rings. The molecular weight excluding hydrogens is 326 g/mol. The van der Waals surface area contributed by atoms with Crippen LogP contribution in [-0.4, -0.2) is 15.9 Å². The average molecular weight is 350 g/mol. The van der Waals surface area contributed by atoms with Gasteiger partial charge in [-0.1, -0.05) is 31.2 Å². The van der Waals surface area contributed by atoms with Gasteiger partial charge in [0.1, 0.15) is 17.2 Å². The Morgan fingerprint density at radius 1 is 1.28 bits per heavy atom. The molecule has 1 saturated carbocycles. The second kappa shape index (κ2) is 6.93. The molecule has 0 radical (unpaired) electrons. The molecule has 25 heavy (non-hydrogen) atoms. The summed E-state index contributed by atoms with van der Waals surface area (Å²) in [5.41, 5.74) is 4.05. The van der Waals surface area contributed by atoms with Crippen LogP contribution in [0.25, 0.3) is 16.2 Å². The summed E-state index contributed by atoms with van der Waals surface area (Å²) < 4.78 is 2.22. The Labute approximate surface area is 153 Å². The molecule has 3 heterocycles. The smallest absolute Gasteiger partial charge is 0.139 e. The monoisotopic (exact) mass is 349 g/mol. The first-order chi connectivity index (χ1) is 12.3. The van der Waals surface area contributed by atoms with Crippen molar-refractivity contribution in [1.82, 2.24) is 9.38 Å². The van der Waals surface area contributed by atoms with Crippen LogP contribution in [0.2, 0.25) is 0 Å². The van der Waals surface area contributed by atoms with E-state index in [9.17, 15) is 0 Å². The maximum Gasteiger partial charge on any atom is 0.139 e. The fourth-order valence-electron chi connectivity index (χ4n) is 3.81. The van der Waals surface area contributed by atoms with Crippen molar-refractivity contribution in [3.63, 3.8) is 0 Å². The third-order valence-electron chi connectivity index (χ3n) is 5.16. The van der Waals surface area contributed by atoms with Crippen molar-refractivity contribution in [1.29, 1.82) is 0 Å². The quantitative estimate of drug-likeness (QED) is 0.644. The molecule has 0 aromatic carbocycles. The van der Waals surface area contributed by atoms with Gasteiger partial charge in [-0.3, -0.25) is 4.40 Å². The molecule has 1 N–H and O–H groups in total. The Morgan fingerprint density at radius 2 is 2.12 bits per heavy atom. The lowest BCUT2D eigenvalue weighted by Gasteiger charge is -2.22. The standard InChI is InChI=1S/C21H23N3S/c1-3-17-12-13-25-20(17)19-21(22-14-16-9-5-4-6-10-16)24-15(2)8-7-11-18(24)23-19/h1,7-8,11-13,16,22H,4-6,9-10,14H2,2H3. The molecule has 0 aliphatic heterocycles. The van der Waals surface area contributed by atoms with Crippen LogP contribution in [0.3, 0.4) is 0 Å². The van der Waals surface area contributed by atoms with Gasteiger partial charge in [-0.2, -0.15) is 0 Å². The minimum atomic E-state index is 0.756. The molecular formula is C21H23N3S. The van der Waals surface area contributed by atoms with Gasteiger partial charge in [0, 0.05) is 17.8 Å². The summed E-state index contributed by atoms with van der Waals surface area (Å²) in [5.74, 6) is 4.64. The molecule has 3 nitrogen and oxygen atoms in total. The zero-order valence-electron chi connectivity index (χ0n) is 14.6. The molecule has 4 heteroatoms. The van der Waals surface area contributed by atoms with E-state index in [1.165, 1.54) is 37.8 Å². The highest BCUT2D eigenvalue weighted by molar-refractivity contribution is 7.13. The Balaban J connectivity index is 1.76. The Bertz CT molecular complexity index is 922. The molecule has 3 aromatic rings. The molecule has 4 rings (SSSR count). The van der Waals surface area contributed by atoms with Crippen LogP contribution in [0.5, 0.6) is 0 Å². The van der Waals surface area contributed by atoms with Gasteiger partial charge in [0.15, 0.2) is 0 Å². The van der Waals surface area contributed by atoms with Gasteiger partial charge in [-0.05, 0) is 49.3 Å². The largest absolute Gasteiger partial charge is 0.369 e. The van der Waals surface area contributed by atoms with Crippen molar-refractivity contribution < 1.29 is 0 Å². The lowest BCUT2D eigenvalue weighted by atomic mass is 9.89. The maximum absolute atomic E-state index is 5.70. The van der Waals surface area contributed by atoms with E-state index in [1.54, 1.807) is 11.3 Å². The predicted octanol–water partition coefficient (Wildman–Crippen LogP) is 5.34. The average Bonchev–Trinajstić information content (AvgIpc) is 3.25. The van der Waals surface area contributed by atoms with Crippen molar-refractivity contribution in [2.75, 3.05) is 11.9 Å². The molecule has 3 aromatic heterocycles. The summed E-state index contributed by atoms with van der Waals surface area (Å²) in [7, 11) is 0. The van der Waals surface area contributed by atoms with E-state index in [0.717, 1.165) is 40.1 Å². The van der Waals surface area contributed by atoms with E-state index in [2.05, 4.69) is 40.8 Å². The highest BCUT2D eigenvalue weighted by atomic mass is 32.1. The number of thiophene rings is 1. The van der Waals surface area contributed by atoms with Crippen LogP contribution < -0.4 is 5.32 Å². The highest BCUT2D eigenvalue weighted by Gasteiger charge is 2.20.